The van der Waals surface area contributed by atoms with Crippen LogP contribution in [0.4, 0.5) is 0 Å². The summed E-state index contributed by atoms with van der Waals surface area (Å²) in [5, 5.41) is 17.3. The van der Waals surface area contributed by atoms with Gasteiger partial charge in [-0.15, -0.1) is 0 Å². The molecule has 112 valence electrons. The zero-order valence-corrected chi connectivity index (χ0v) is 12.6. The van der Waals surface area contributed by atoms with Gasteiger partial charge >= 0.3 is 5.97 Å². The van der Waals surface area contributed by atoms with Crippen LogP contribution in [-0.2, 0) is 0 Å². The molecule has 6 heteroatoms. The van der Waals surface area contributed by atoms with Gasteiger partial charge in [0.25, 0.3) is 0 Å². The molecule has 0 bridgehead atoms. The number of carboxylic acids is 1. The lowest BCUT2D eigenvalue weighted by Crippen LogP contribution is -2.09. The van der Waals surface area contributed by atoms with Crippen molar-refractivity contribution in [2.24, 2.45) is 0 Å². The highest BCUT2D eigenvalue weighted by Crippen LogP contribution is 2.35. The van der Waals surface area contributed by atoms with Crippen LogP contribution in [0.1, 0.15) is 41.4 Å². The van der Waals surface area contributed by atoms with Crippen molar-refractivity contribution in [3.63, 3.8) is 0 Å². The summed E-state index contributed by atoms with van der Waals surface area (Å²) < 4.78 is 0. The van der Waals surface area contributed by atoms with Crippen LogP contribution in [0.3, 0.4) is 0 Å². The van der Waals surface area contributed by atoms with Crippen LogP contribution in [0.5, 0.6) is 0 Å². The predicted molar refractivity (Wildman–Crippen MR) is 82.9 cm³/mol. The third kappa shape index (κ3) is 2.13. The Bertz CT molecular complexity index is 853. The molecule has 0 fully saturated rings. The van der Waals surface area contributed by atoms with Gasteiger partial charge in [0.1, 0.15) is 0 Å². The molecule has 6 nitrogen and oxygen atoms in total. The normalized spacial score (nSPS) is 11.3. The molecule has 2 N–H and O–H groups in total. The molecule has 0 aliphatic carbocycles. The number of H-pyrrole nitrogens is 1. The molecule has 0 amide bonds. The SMILES string of the molecule is Cc1[nH]nc2nc(-c3ccncc3)c(C(C)C)c(C(=O)O)c12. The lowest BCUT2D eigenvalue weighted by atomic mass is 9.90. The number of pyridine rings is 2. The molecule has 0 spiro atoms. The van der Waals surface area contributed by atoms with Crippen molar-refractivity contribution >= 4 is 17.0 Å². The fourth-order valence-corrected chi connectivity index (χ4v) is 2.73. The number of aryl methyl sites for hydroxylation is 1. The highest BCUT2D eigenvalue weighted by Gasteiger charge is 2.25. The number of carboxylic acid groups (broad SMARTS) is 1. The number of hydrogen-bond donors (Lipinski definition) is 2. The zero-order chi connectivity index (χ0) is 15.9. The maximum Gasteiger partial charge on any atom is 0.336 e. The first-order chi connectivity index (χ1) is 10.5. The molecule has 0 unspecified atom stereocenters. The maximum absolute atomic E-state index is 11.9. The number of rotatable bonds is 3. The van der Waals surface area contributed by atoms with Crippen molar-refractivity contribution in [3.05, 3.63) is 41.3 Å². The first-order valence-electron chi connectivity index (χ1n) is 7.03. The second-order valence-electron chi connectivity index (χ2n) is 5.49. The van der Waals surface area contributed by atoms with Crippen molar-refractivity contribution in [1.82, 2.24) is 20.2 Å². The Balaban J connectivity index is 2.47. The summed E-state index contributed by atoms with van der Waals surface area (Å²) in [6, 6.07) is 3.65. The van der Waals surface area contributed by atoms with Gasteiger partial charge in [0.15, 0.2) is 5.65 Å². The number of carbonyl (C=O) groups is 1. The lowest BCUT2D eigenvalue weighted by Gasteiger charge is -2.16. The van der Waals surface area contributed by atoms with Crippen molar-refractivity contribution < 1.29 is 9.90 Å². The second kappa shape index (κ2) is 5.22. The van der Waals surface area contributed by atoms with E-state index in [0.29, 0.717) is 22.4 Å². The average Bonchev–Trinajstić information content (AvgIpc) is 2.87. The summed E-state index contributed by atoms with van der Waals surface area (Å²) >= 11 is 0. The van der Waals surface area contributed by atoms with Crippen LogP contribution in [-0.4, -0.2) is 31.2 Å². The third-order valence-electron chi connectivity index (χ3n) is 3.67. The molecule has 3 aromatic rings. The quantitative estimate of drug-likeness (QED) is 0.774. The third-order valence-corrected chi connectivity index (χ3v) is 3.67. The molecule has 0 aromatic carbocycles. The van der Waals surface area contributed by atoms with Crippen molar-refractivity contribution in [2.75, 3.05) is 0 Å². The van der Waals surface area contributed by atoms with E-state index < -0.39 is 5.97 Å². The van der Waals surface area contributed by atoms with Gasteiger partial charge in [-0.3, -0.25) is 10.1 Å². The number of fused-ring (bicyclic) bond motifs is 1. The molecular formula is C16H16N4O2. The largest absolute Gasteiger partial charge is 0.478 e. The minimum absolute atomic E-state index is 0.0143. The van der Waals surface area contributed by atoms with Crippen LogP contribution in [0.15, 0.2) is 24.5 Å². The van der Waals surface area contributed by atoms with Gasteiger partial charge in [-0.2, -0.15) is 5.10 Å². The van der Waals surface area contributed by atoms with Crippen LogP contribution in [0.25, 0.3) is 22.3 Å². The van der Waals surface area contributed by atoms with E-state index in [-0.39, 0.29) is 11.5 Å². The van der Waals surface area contributed by atoms with Crippen LogP contribution in [0, 0.1) is 6.92 Å². The Kier molecular flexibility index (Phi) is 3.36. The predicted octanol–water partition coefficient (Wildman–Crippen LogP) is 3.15. The molecule has 0 radical (unpaired) electrons. The van der Waals surface area contributed by atoms with E-state index in [1.54, 1.807) is 19.3 Å². The fraction of sp³-hybridized carbons (Fsp3) is 0.250. The highest BCUT2D eigenvalue weighted by atomic mass is 16.4. The molecule has 0 atom stereocenters. The molecule has 0 aliphatic heterocycles. The molecule has 3 aromatic heterocycles. The smallest absolute Gasteiger partial charge is 0.336 e. The summed E-state index contributed by atoms with van der Waals surface area (Å²) in [6.45, 7) is 5.74. The second-order valence-corrected chi connectivity index (χ2v) is 5.49. The number of hydrogen-bond acceptors (Lipinski definition) is 4. The van der Waals surface area contributed by atoms with E-state index in [1.807, 2.05) is 26.0 Å². The Labute approximate surface area is 127 Å². The number of aromatic nitrogens is 4. The molecule has 22 heavy (non-hydrogen) atoms. The minimum atomic E-state index is -0.962. The van der Waals surface area contributed by atoms with Crippen LogP contribution in [0.2, 0.25) is 0 Å². The van der Waals surface area contributed by atoms with E-state index in [2.05, 4.69) is 20.2 Å². The first kappa shape index (κ1) is 14.2. The Hall–Kier alpha value is -2.76. The van der Waals surface area contributed by atoms with Crippen LogP contribution >= 0.6 is 0 Å². The van der Waals surface area contributed by atoms with E-state index in [9.17, 15) is 9.90 Å². The monoisotopic (exact) mass is 296 g/mol. The molecule has 3 heterocycles. The lowest BCUT2D eigenvalue weighted by molar-refractivity contribution is 0.0697. The van der Waals surface area contributed by atoms with Crippen molar-refractivity contribution in [3.8, 4) is 11.3 Å². The highest BCUT2D eigenvalue weighted by molar-refractivity contribution is 6.06. The van der Waals surface area contributed by atoms with E-state index in [4.69, 9.17) is 0 Å². The van der Waals surface area contributed by atoms with Crippen molar-refractivity contribution in [2.45, 2.75) is 26.7 Å². The summed E-state index contributed by atoms with van der Waals surface area (Å²) in [5.41, 5.74) is 3.61. The summed E-state index contributed by atoms with van der Waals surface area (Å²) in [6.07, 6.45) is 3.34. The standard InChI is InChI=1S/C16H16N4O2/c1-8(2)11-13(16(21)22)12-9(3)19-20-15(12)18-14(11)10-4-6-17-7-5-10/h4-8H,1-3H3,(H,21,22)(H,18,19,20). The summed E-state index contributed by atoms with van der Waals surface area (Å²) in [7, 11) is 0. The number of aromatic carboxylic acids is 1. The summed E-state index contributed by atoms with van der Waals surface area (Å²) in [5.74, 6) is -0.948. The van der Waals surface area contributed by atoms with Gasteiger partial charge in [0.05, 0.1) is 16.6 Å². The molecule has 0 saturated carbocycles. The Morgan fingerprint density at radius 3 is 2.55 bits per heavy atom. The average molecular weight is 296 g/mol. The number of nitrogens with one attached hydrogen (secondary N) is 1. The number of aromatic amines is 1. The number of nitrogens with zero attached hydrogens (tertiary/aromatic N) is 3. The zero-order valence-electron chi connectivity index (χ0n) is 12.6. The van der Waals surface area contributed by atoms with Gasteiger partial charge in [-0.1, -0.05) is 13.8 Å². The molecular weight excluding hydrogens is 280 g/mol. The Morgan fingerprint density at radius 1 is 1.27 bits per heavy atom. The molecule has 0 aliphatic rings. The van der Waals surface area contributed by atoms with E-state index >= 15 is 0 Å². The van der Waals surface area contributed by atoms with Gasteiger partial charge in [-0.25, -0.2) is 9.78 Å². The van der Waals surface area contributed by atoms with Gasteiger partial charge in [-0.05, 0) is 30.5 Å². The van der Waals surface area contributed by atoms with Gasteiger partial charge in [0, 0.05) is 23.7 Å². The van der Waals surface area contributed by atoms with Crippen LogP contribution < -0.4 is 0 Å². The van der Waals surface area contributed by atoms with Gasteiger partial charge in [0.2, 0.25) is 0 Å². The first-order valence-corrected chi connectivity index (χ1v) is 7.03. The summed E-state index contributed by atoms with van der Waals surface area (Å²) in [4.78, 5) is 20.5. The van der Waals surface area contributed by atoms with E-state index in [0.717, 1.165) is 11.1 Å². The minimum Gasteiger partial charge on any atom is -0.478 e. The molecule has 3 rings (SSSR count). The maximum atomic E-state index is 11.9. The van der Waals surface area contributed by atoms with E-state index in [1.165, 1.54) is 0 Å². The van der Waals surface area contributed by atoms with Crippen molar-refractivity contribution in [1.29, 1.82) is 0 Å². The Morgan fingerprint density at radius 2 is 1.95 bits per heavy atom. The van der Waals surface area contributed by atoms with Gasteiger partial charge < -0.3 is 5.11 Å². The molecule has 0 saturated heterocycles. The fourth-order valence-electron chi connectivity index (χ4n) is 2.73. The topological polar surface area (TPSA) is 91.8 Å².